The fourth-order valence-corrected chi connectivity index (χ4v) is 3.14. The monoisotopic (exact) mass is 416 g/mol. The van der Waals surface area contributed by atoms with Gasteiger partial charge in [0, 0.05) is 6.54 Å². The van der Waals surface area contributed by atoms with Crippen molar-refractivity contribution in [3.05, 3.63) is 35.9 Å². The topological polar surface area (TPSA) is 67.9 Å². The van der Waals surface area contributed by atoms with Crippen molar-refractivity contribution in [1.29, 1.82) is 0 Å². The first-order chi connectivity index (χ1) is 13.4. The molecule has 1 aromatic carbocycles. The van der Waals surface area contributed by atoms with Gasteiger partial charge in [-0.05, 0) is 39.3 Å². The number of amides is 1. The number of likely N-dealkylation sites (tertiary alicyclic amines) is 1. The van der Waals surface area contributed by atoms with Crippen molar-refractivity contribution in [2.24, 2.45) is 5.92 Å². The number of rotatable bonds is 5. The highest BCUT2D eigenvalue weighted by Gasteiger charge is 2.40. The van der Waals surface area contributed by atoms with Crippen molar-refractivity contribution in [3.63, 3.8) is 0 Å². The predicted molar refractivity (Wildman–Crippen MR) is 100.0 cm³/mol. The second kappa shape index (κ2) is 9.47. The van der Waals surface area contributed by atoms with Crippen molar-refractivity contribution in [2.75, 3.05) is 19.6 Å². The minimum Gasteiger partial charge on any atom is -0.461 e. The molecule has 162 valence electrons. The molecule has 1 heterocycles. The van der Waals surface area contributed by atoms with Gasteiger partial charge < -0.3 is 14.8 Å². The van der Waals surface area contributed by atoms with E-state index < -0.39 is 42.3 Å². The number of hydrogen-bond acceptors (Lipinski definition) is 5. The number of nitrogens with one attached hydrogen (secondary N) is 1. The van der Waals surface area contributed by atoms with Gasteiger partial charge in [-0.15, -0.1) is 0 Å². The summed E-state index contributed by atoms with van der Waals surface area (Å²) in [7, 11) is 0. The van der Waals surface area contributed by atoms with Gasteiger partial charge in [0.15, 0.2) is 0 Å². The summed E-state index contributed by atoms with van der Waals surface area (Å²) < 4.78 is 48.8. The molecule has 1 fully saturated rings. The van der Waals surface area contributed by atoms with Crippen LogP contribution in [0.5, 0.6) is 0 Å². The summed E-state index contributed by atoms with van der Waals surface area (Å²) >= 11 is 0. The van der Waals surface area contributed by atoms with E-state index in [1.807, 2.05) is 18.2 Å². The van der Waals surface area contributed by atoms with Crippen LogP contribution in [0.4, 0.5) is 18.0 Å². The quantitative estimate of drug-likeness (QED) is 0.744. The van der Waals surface area contributed by atoms with E-state index in [2.05, 4.69) is 5.32 Å². The van der Waals surface area contributed by atoms with Crippen molar-refractivity contribution in [1.82, 2.24) is 10.2 Å². The number of hydrogen-bond donors (Lipinski definition) is 1. The van der Waals surface area contributed by atoms with Crippen LogP contribution in [0.25, 0.3) is 0 Å². The molecule has 1 aromatic rings. The van der Waals surface area contributed by atoms with Gasteiger partial charge in [0.1, 0.15) is 12.2 Å². The number of esters is 1. The highest BCUT2D eigenvalue weighted by molar-refractivity contribution is 5.75. The molecule has 9 heteroatoms. The zero-order valence-corrected chi connectivity index (χ0v) is 16.8. The third-order valence-corrected chi connectivity index (χ3v) is 4.33. The van der Waals surface area contributed by atoms with Crippen molar-refractivity contribution in [2.45, 2.75) is 51.6 Å². The lowest BCUT2D eigenvalue weighted by atomic mass is 9.91. The standard InChI is InChI=1S/C20H27F3N2O4/c1-19(2,3)29-18(27)24-16-11-25(13-20(21,22)23)10-9-15(16)17(26)28-12-14-7-5-4-6-8-14/h4-8,15-16H,9-13H2,1-3H3,(H,24,27)/t15-,16+/m1/s1. The van der Waals surface area contributed by atoms with E-state index in [9.17, 15) is 22.8 Å². The van der Waals surface area contributed by atoms with Gasteiger partial charge in [0.2, 0.25) is 0 Å². The van der Waals surface area contributed by atoms with E-state index in [1.54, 1.807) is 32.9 Å². The molecule has 1 N–H and O–H groups in total. The van der Waals surface area contributed by atoms with Crippen LogP contribution in [-0.4, -0.2) is 54.4 Å². The molecular formula is C20H27F3N2O4. The van der Waals surface area contributed by atoms with Crippen LogP contribution in [0, 0.1) is 5.92 Å². The molecule has 0 aliphatic carbocycles. The van der Waals surface area contributed by atoms with Crippen molar-refractivity contribution >= 4 is 12.1 Å². The van der Waals surface area contributed by atoms with E-state index in [1.165, 1.54) is 4.90 Å². The molecule has 1 saturated heterocycles. The molecule has 29 heavy (non-hydrogen) atoms. The predicted octanol–water partition coefficient (Wildman–Crippen LogP) is 3.51. The highest BCUT2D eigenvalue weighted by atomic mass is 19.4. The molecule has 0 aromatic heterocycles. The Kier molecular flexibility index (Phi) is 7.51. The fraction of sp³-hybridized carbons (Fsp3) is 0.600. The Morgan fingerprint density at radius 3 is 2.41 bits per heavy atom. The number of ether oxygens (including phenoxy) is 2. The van der Waals surface area contributed by atoms with Gasteiger partial charge in [-0.25, -0.2) is 4.79 Å². The SMILES string of the molecule is CC(C)(C)OC(=O)N[C@H]1CN(CC(F)(F)F)CC[C@H]1C(=O)OCc1ccccc1. The number of nitrogens with zero attached hydrogens (tertiary/aromatic N) is 1. The number of alkyl carbamates (subject to hydrolysis) is 1. The number of carbonyl (C=O) groups excluding carboxylic acids is 2. The van der Waals surface area contributed by atoms with E-state index in [4.69, 9.17) is 9.47 Å². The van der Waals surface area contributed by atoms with Gasteiger partial charge in [-0.2, -0.15) is 13.2 Å². The number of benzene rings is 1. The van der Waals surface area contributed by atoms with Crippen LogP contribution in [0.3, 0.4) is 0 Å². The van der Waals surface area contributed by atoms with E-state index in [0.717, 1.165) is 5.56 Å². The molecule has 0 radical (unpaired) electrons. The zero-order valence-electron chi connectivity index (χ0n) is 16.8. The lowest BCUT2D eigenvalue weighted by Gasteiger charge is -2.38. The lowest BCUT2D eigenvalue weighted by molar-refractivity contribution is -0.158. The maximum absolute atomic E-state index is 12.8. The molecule has 0 bridgehead atoms. The minimum absolute atomic E-state index is 0.0571. The Bertz CT molecular complexity index is 689. The van der Waals surface area contributed by atoms with Crippen LogP contribution in [0.15, 0.2) is 30.3 Å². The van der Waals surface area contributed by atoms with Crippen LogP contribution < -0.4 is 5.32 Å². The molecule has 1 aliphatic heterocycles. The molecule has 0 spiro atoms. The second-order valence-corrected chi connectivity index (χ2v) is 8.09. The third-order valence-electron chi connectivity index (χ3n) is 4.33. The molecular weight excluding hydrogens is 389 g/mol. The Balaban J connectivity index is 2.04. The summed E-state index contributed by atoms with van der Waals surface area (Å²) in [5.74, 6) is -1.31. The molecule has 0 saturated carbocycles. The number of halogens is 3. The largest absolute Gasteiger partial charge is 0.461 e. The number of carbonyl (C=O) groups is 2. The maximum atomic E-state index is 12.8. The molecule has 0 unspecified atom stereocenters. The van der Waals surface area contributed by atoms with Gasteiger partial charge in [0.25, 0.3) is 0 Å². The first kappa shape index (κ1) is 23.0. The summed E-state index contributed by atoms with van der Waals surface area (Å²) in [4.78, 5) is 25.9. The highest BCUT2D eigenvalue weighted by Crippen LogP contribution is 2.24. The van der Waals surface area contributed by atoms with Crippen LogP contribution in [0.1, 0.15) is 32.8 Å². The van der Waals surface area contributed by atoms with Crippen molar-refractivity contribution in [3.8, 4) is 0 Å². The summed E-state index contributed by atoms with van der Waals surface area (Å²) in [6.45, 7) is 3.94. The lowest BCUT2D eigenvalue weighted by Crippen LogP contribution is -2.56. The average Bonchev–Trinajstić information content (AvgIpc) is 2.57. The molecule has 2 atom stereocenters. The zero-order chi connectivity index (χ0) is 21.7. The Morgan fingerprint density at radius 1 is 1.17 bits per heavy atom. The Morgan fingerprint density at radius 2 is 1.83 bits per heavy atom. The van der Waals surface area contributed by atoms with Crippen LogP contribution in [0.2, 0.25) is 0 Å². The van der Waals surface area contributed by atoms with Crippen LogP contribution in [-0.2, 0) is 20.9 Å². The Labute approximate surface area is 168 Å². The number of alkyl halides is 3. The molecule has 2 rings (SSSR count). The van der Waals surface area contributed by atoms with Crippen molar-refractivity contribution < 1.29 is 32.2 Å². The normalized spacial score (nSPS) is 20.8. The molecule has 1 amide bonds. The average molecular weight is 416 g/mol. The van der Waals surface area contributed by atoms with Gasteiger partial charge in [-0.1, -0.05) is 30.3 Å². The minimum atomic E-state index is -4.36. The third kappa shape index (κ3) is 8.31. The summed E-state index contributed by atoms with van der Waals surface area (Å²) in [6.07, 6.45) is -5.00. The van der Waals surface area contributed by atoms with Gasteiger partial charge >= 0.3 is 18.2 Å². The molecule has 6 nitrogen and oxygen atoms in total. The van der Waals surface area contributed by atoms with E-state index in [-0.39, 0.29) is 26.1 Å². The summed E-state index contributed by atoms with van der Waals surface area (Å²) in [5.41, 5.74) is 0.0280. The number of piperidine rings is 1. The van der Waals surface area contributed by atoms with E-state index >= 15 is 0 Å². The van der Waals surface area contributed by atoms with Gasteiger partial charge in [0.05, 0.1) is 18.5 Å². The van der Waals surface area contributed by atoms with E-state index in [0.29, 0.717) is 0 Å². The molecule has 1 aliphatic rings. The second-order valence-electron chi connectivity index (χ2n) is 8.09. The first-order valence-electron chi connectivity index (χ1n) is 9.42. The fourth-order valence-electron chi connectivity index (χ4n) is 3.14. The van der Waals surface area contributed by atoms with Gasteiger partial charge in [-0.3, -0.25) is 9.69 Å². The van der Waals surface area contributed by atoms with Crippen LogP contribution >= 0.6 is 0 Å². The summed E-state index contributed by atoms with van der Waals surface area (Å²) in [5, 5.41) is 2.55. The smallest absolute Gasteiger partial charge is 0.407 e. The Hall–Kier alpha value is -2.29. The summed E-state index contributed by atoms with van der Waals surface area (Å²) in [6, 6.07) is 8.22. The maximum Gasteiger partial charge on any atom is 0.407 e. The first-order valence-corrected chi connectivity index (χ1v) is 9.42.